The summed E-state index contributed by atoms with van der Waals surface area (Å²) in [4.78, 5) is 0.00437. The van der Waals surface area contributed by atoms with E-state index < -0.39 is 10.0 Å². The first kappa shape index (κ1) is 17.4. The maximum Gasteiger partial charge on any atom is 0.242 e. The standard InChI is InChI=1S/C13H18Cl2N2O2S2/c1-20-11-3-2-10(6-11)17-21(18,19)12-5-9(14)4-8(7-16)13(12)15/h4-5,10-11,17H,2-3,6-7,16H2,1H3. The largest absolute Gasteiger partial charge is 0.326 e. The summed E-state index contributed by atoms with van der Waals surface area (Å²) in [6.45, 7) is 0.139. The molecule has 4 nitrogen and oxygen atoms in total. The molecule has 0 amide bonds. The van der Waals surface area contributed by atoms with Gasteiger partial charge in [0.15, 0.2) is 0 Å². The van der Waals surface area contributed by atoms with Gasteiger partial charge in [-0.25, -0.2) is 13.1 Å². The highest BCUT2D eigenvalue weighted by Gasteiger charge is 2.29. The third-order valence-corrected chi connectivity index (χ3v) is 7.04. The average Bonchev–Trinajstić information content (AvgIpc) is 2.87. The normalized spacial score (nSPS) is 22.7. The summed E-state index contributed by atoms with van der Waals surface area (Å²) in [7, 11) is -3.69. The zero-order valence-corrected chi connectivity index (χ0v) is 14.7. The highest BCUT2D eigenvalue weighted by atomic mass is 35.5. The molecule has 2 rings (SSSR count). The minimum Gasteiger partial charge on any atom is -0.326 e. The van der Waals surface area contributed by atoms with Gasteiger partial charge in [-0.2, -0.15) is 11.8 Å². The van der Waals surface area contributed by atoms with Crippen LogP contribution in [0.2, 0.25) is 10.0 Å². The molecule has 1 aromatic carbocycles. The van der Waals surface area contributed by atoms with Crippen molar-refractivity contribution >= 4 is 45.0 Å². The molecule has 3 N–H and O–H groups in total. The molecule has 0 radical (unpaired) electrons. The number of thioether (sulfide) groups is 1. The zero-order valence-electron chi connectivity index (χ0n) is 11.6. The fourth-order valence-electron chi connectivity index (χ4n) is 2.51. The molecular weight excluding hydrogens is 351 g/mol. The lowest BCUT2D eigenvalue weighted by molar-refractivity contribution is 0.552. The van der Waals surface area contributed by atoms with Crippen LogP contribution in [0.15, 0.2) is 17.0 Å². The highest BCUT2D eigenvalue weighted by Crippen LogP contribution is 2.32. The van der Waals surface area contributed by atoms with E-state index in [0.717, 1.165) is 19.3 Å². The van der Waals surface area contributed by atoms with Gasteiger partial charge in [-0.3, -0.25) is 0 Å². The molecule has 1 saturated carbocycles. The van der Waals surface area contributed by atoms with Crippen LogP contribution in [0, 0.1) is 0 Å². The number of rotatable bonds is 5. The topological polar surface area (TPSA) is 72.2 Å². The van der Waals surface area contributed by atoms with Crippen molar-refractivity contribution in [2.75, 3.05) is 6.26 Å². The fraction of sp³-hybridized carbons (Fsp3) is 0.538. The van der Waals surface area contributed by atoms with Gasteiger partial charge in [0.25, 0.3) is 0 Å². The summed E-state index contributed by atoms with van der Waals surface area (Å²) in [5, 5.41) is 0.967. The monoisotopic (exact) mass is 368 g/mol. The van der Waals surface area contributed by atoms with E-state index in [4.69, 9.17) is 28.9 Å². The van der Waals surface area contributed by atoms with Gasteiger partial charge in [0.1, 0.15) is 4.90 Å². The minimum absolute atomic E-state index is 0.00437. The van der Waals surface area contributed by atoms with Crippen LogP contribution >= 0.6 is 35.0 Å². The summed E-state index contributed by atoms with van der Waals surface area (Å²) in [6, 6.07) is 2.90. The first-order chi connectivity index (χ1) is 9.87. The van der Waals surface area contributed by atoms with Crippen molar-refractivity contribution in [2.45, 2.75) is 42.0 Å². The van der Waals surface area contributed by atoms with E-state index >= 15 is 0 Å². The Hall–Kier alpha value is 0.0200. The highest BCUT2D eigenvalue weighted by molar-refractivity contribution is 7.99. The van der Waals surface area contributed by atoms with Gasteiger partial charge >= 0.3 is 0 Å². The third kappa shape index (κ3) is 4.06. The second-order valence-electron chi connectivity index (χ2n) is 5.07. The fourth-order valence-corrected chi connectivity index (χ4v) is 5.53. The molecule has 0 heterocycles. The van der Waals surface area contributed by atoms with Gasteiger partial charge in [-0.15, -0.1) is 0 Å². The number of halogens is 2. The van der Waals surface area contributed by atoms with Crippen LogP contribution in [0.3, 0.4) is 0 Å². The van der Waals surface area contributed by atoms with Crippen molar-refractivity contribution < 1.29 is 8.42 Å². The van der Waals surface area contributed by atoms with Gasteiger partial charge in [0.2, 0.25) is 10.0 Å². The van der Waals surface area contributed by atoms with Gasteiger partial charge in [0, 0.05) is 22.9 Å². The summed E-state index contributed by atoms with van der Waals surface area (Å²) in [6.07, 6.45) is 4.74. The third-order valence-electron chi connectivity index (χ3n) is 3.63. The first-order valence-corrected chi connectivity index (χ1v) is 10.1. The first-order valence-electron chi connectivity index (χ1n) is 6.60. The van der Waals surface area contributed by atoms with Gasteiger partial charge in [0.05, 0.1) is 5.02 Å². The minimum atomic E-state index is -3.69. The van der Waals surface area contributed by atoms with E-state index in [1.165, 1.54) is 6.07 Å². The Morgan fingerprint density at radius 3 is 2.67 bits per heavy atom. The van der Waals surface area contributed by atoms with Crippen molar-refractivity contribution in [1.29, 1.82) is 0 Å². The Balaban J connectivity index is 2.26. The van der Waals surface area contributed by atoms with Gasteiger partial charge < -0.3 is 5.73 Å². The maximum atomic E-state index is 12.5. The molecule has 0 aromatic heterocycles. The van der Waals surface area contributed by atoms with Crippen LogP contribution in [0.4, 0.5) is 0 Å². The predicted octanol–water partition coefficient (Wildman–Crippen LogP) is 3.01. The molecule has 1 aliphatic rings. The molecule has 118 valence electrons. The molecule has 0 aliphatic heterocycles. The van der Waals surface area contributed by atoms with Crippen molar-refractivity contribution in [3.05, 3.63) is 27.7 Å². The zero-order chi connectivity index (χ0) is 15.6. The molecule has 1 aliphatic carbocycles. The van der Waals surface area contributed by atoms with Crippen LogP contribution in [0.25, 0.3) is 0 Å². The number of hydrogen-bond donors (Lipinski definition) is 2. The number of hydrogen-bond acceptors (Lipinski definition) is 4. The van der Waals surface area contributed by atoms with Crippen LogP contribution in [0.1, 0.15) is 24.8 Å². The van der Waals surface area contributed by atoms with E-state index in [1.54, 1.807) is 17.8 Å². The Kier molecular flexibility index (Phi) is 5.84. The molecule has 8 heteroatoms. The Morgan fingerprint density at radius 2 is 2.10 bits per heavy atom. The van der Waals surface area contributed by atoms with Crippen molar-refractivity contribution in [3.63, 3.8) is 0 Å². The second-order valence-corrected chi connectivity index (χ2v) is 8.71. The lowest BCUT2D eigenvalue weighted by Gasteiger charge is -2.15. The maximum absolute atomic E-state index is 12.5. The lowest BCUT2D eigenvalue weighted by atomic mass is 10.2. The second kappa shape index (κ2) is 7.06. The van der Waals surface area contributed by atoms with Crippen LogP contribution in [-0.2, 0) is 16.6 Å². The van der Waals surface area contributed by atoms with E-state index in [-0.39, 0.29) is 22.5 Å². The smallest absolute Gasteiger partial charge is 0.242 e. The van der Waals surface area contributed by atoms with Crippen molar-refractivity contribution in [2.24, 2.45) is 5.73 Å². The van der Waals surface area contributed by atoms with Gasteiger partial charge in [-0.05, 0) is 43.2 Å². The molecule has 0 spiro atoms. The molecule has 1 fully saturated rings. The van der Waals surface area contributed by atoms with Crippen LogP contribution < -0.4 is 10.5 Å². The summed E-state index contributed by atoms with van der Waals surface area (Å²) in [5.41, 5.74) is 6.10. The van der Waals surface area contributed by atoms with E-state index in [9.17, 15) is 8.42 Å². The Morgan fingerprint density at radius 1 is 1.38 bits per heavy atom. The van der Waals surface area contributed by atoms with E-state index in [0.29, 0.717) is 15.8 Å². The number of nitrogens with one attached hydrogen (secondary N) is 1. The molecule has 1 aromatic rings. The van der Waals surface area contributed by atoms with E-state index in [2.05, 4.69) is 4.72 Å². The van der Waals surface area contributed by atoms with Crippen molar-refractivity contribution in [1.82, 2.24) is 4.72 Å². The van der Waals surface area contributed by atoms with E-state index in [1.807, 2.05) is 6.26 Å². The average molecular weight is 369 g/mol. The molecule has 2 atom stereocenters. The number of benzene rings is 1. The van der Waals surface area contributed by atoms with Crippen molar-refractivity contribution in [3.8, 4) is 0 Å². The number of sulfonamides is 1. The Labute approximate surface area is 139 Å². The van der Waals surface area contributed by atoms with Crippen LogP contribution in [0.5, 0.6) is 0 Å². The molecule has 2 unspecified atom stereocenters. The lowest BCUT2D eigenvalue weighted by Crippen LogP contribution is -2.33. The summed E-state index contributed by atoms with van der Waals surface area (Å²) < 4.78 is 27.8. The van der Waals surface area contributed by atoms with Crippen LogP contribution in [-0.4, -0.2) is 26.0 Å². The molecule has 0 bridgehead atoms. The summed E-state index contributed by atoms with van der Waals surface area (Å²) >= 11 is 13.9. The SMILES string of the molecule is CSC1CCC(NS(=O)(=O)c2cc(Cl)cc(CN)c2Cl)C1. The Bertz CT molecular complexity index is 623. The summed E-state index contributed by atoms with van der Waals surface area (Å²) in [5.74, 6) is 0. The number of nitrogens with two attached hydrogens (primary N) is 1. The predicted molar refractivity (Wildman–Crippen MR) is 89.6 cm³/mol. The quantitative estimate of drug-likeness (QED) is 0.837. The molecule has 0 saturated heterocycles. The van der Waals surface area contributed by atoms with Gasteiger partial charge in [-0.1, -0.05) is 23.2 Å². The molecule has 21 heavy (non-hydrogen) atoms. The molecular formula is C13H18Cl2N2O2S2.